The highest BCUT2D eigenvalue weighted by molar-refractivity contribution is 4.91. The van der Waals surface area contributed by atoms with Crippen LogP contribution in [0.4, 0.5) is 0 Å². The van der Waals surface area contributed by atoms with Gasteiger partial charge < -0.3 is 9.84 Å². The molecule has 2 heterocycles. The maximum absolute atomic E-state index is 10.2. The number of rotatable bonds is 5. The topological polar surface area (TPSA) is 60.2 Å². The smallest absolute Gasteiger partial charge is 0.138 e. The number of hydrogen-bond acceptors (Lipinski definition) is 4. The number of aliphatic hydroxyl groups excluding tert-OH is 1. The number of nitrogens with zero attached hydrogens (tertiary/aromatic N) is 3. The standard InChI is InChI=1S/C13H23N3O2/c1-9(2)6-16-13(14-8-15-16)5-12(17)11-4-10(3)18-7-11/h8-12,17H,4-7H2,1-3H3. The van der Waals surface area contributed by atoms with Crippen LogP contribution in [0.3, 0.4) is 0 Å². The molecule has 0 radical (unpaired) electrons. The van der Waals surface area contributed by atoms with Crippen LogP contribution in [0.2, 0.25) is 0 Å². The summed E-state index contributed by atoms with van der Waals surface area (Å²) < 4.78 is 7.39. The fourth-order valence-electron chi connectivity index (χ4n) is 2.42. The van der Waals surface area contributed by atoms with Gasteiger partial charge in [0.1, 0.15) is 12.2 Å². The molecule has 1 aromatic heterocycles. The van der Waals surface area contributed by atoms with Gasteiger partial charge in [-0.2, -0.15) is 5.10 Å². The first-order valence-electron chi connectivity index (χ1n) is 6.72. The molecule has 1 aromatic rings. The van der Waals surface area contributed by atoms with E-state index in [1.807, 2.05) is 11.6 Å². The lowest BCUT2D eigenvalue weighted by atomic mass is 9.97. The average Bonchev–Trinajstić information content (AvgIpc) is 2.88. The number of aliphatic hydroxyl groups is 1. The molecule has 1 fully saturated rings. The van der Waals surface area contributed by atoms with Crippen molar-refractivity contribution in [1.82, 2.24) is 14.8 Å². The Kier molecular flexibility index (Phi) is 4.35. The minimum atomic E-state index is -0.384. The molecular weight excluding hydrogens is 230 g/mol. The molecule has 3 atom stereocenters. The second-order valence-corrected chi connectivity index (χ2v) is 5.66. The monoisotopic (exact) mass is 253 g/mol. The van der Waals surface area contributed by atoms with Gasteiger partial charge in [-0.3, -0.25) is 0 Å². The van der Waals surface area contributed by atoms with Gasteiger partial charge in [0.05, 0.1) is 18.8 Å². The molecule has 0 aliphatic carbocycles. The Bertz CT molecular complexity index is 378. The molecule has 0 bridgehead atoms. The highest BCUT2D eigenvalue weighted by Crippen LogP contribution is 2.24. The fourth-order valence-corrected chi connectivity index (χ4v) is 2.42. The van der Waals surface area contributed by atoms with Crippen LogP contribution in [0, 0.1) is 11.8 Å². The summed E-state index contributed by atoms with van der Waals surface area (Å²) in [6.07, 6.45) is 2.94. The molecule has 0 amide bonds. The van der Waals surface area contributed by atoms with E-state index in [2.05, 4.69) is 23.9 Å². The Morgan fingerprint density at radius 1 is 1.56 bits per heavy atom. The Morgan fingerprint density at radius 2 is 2.33 bits per heavy atom. The first-order valence-corrected chi connectivity index (χ1v) is 6.72. The second-order valence-electron chi connectivity index (χ2n) is 5.66. The Balaban J connectivity index is 1.94. The number of ether oxygens (including phenoxy) is 1. The Morgan fingerprint density at radius 3 is 2.94 bits per heavy atom. The van der Waals surface area contributed by atoms with Crippen LogP contribution in [-0.2, 0) is 17.7 Å². The third kappa shape index (κ3) is 3.29. The lowest BCUT2D eigenvalue weighted by molar-refractivity contribution is 0.0788. The lowest BCUT2D eigenvalue weighted by Crippen LogP contribution is -2.25. The second kappa shape index (κ2) is 5.80. The largest absolute Gasteiger partial charge is 0.392 e. The van der Waals surface area contributed by atoms with Gasteiger partial charge in [-0.25, -0.2) is 9.67 Å². The maximum atomic E-state index is 10.2. The summed E-state index contributed by atoms with van der Waals surface area (Å²) in [6.45, 7) is 7.84. The third-order valence-corrected chi connectivity index (χ3v) is 3.40. The van der Waals surface area contributed by atoms with E-state index in [4.69, 9.17) is 4.74 Å². The molecule has 0 saturated carbocycles. The van der Waals surface area contributed by atoms with Crippen LogP contribution < -0.4 is 0 Å². The SMILES string of the molecule is CC(C)Cn1ncnc1CC(O)C1COC(C)C1. The number of hydrogen-bond donors (Lipinski definition) is 1. The van der Waals surface area contributed by atoms with E-state index in [1.165, 1.54) is 0 Å². The van der Waals surface area contributed by atoms with Crippen molar-refractivity contribution in [3.05, 3.63) is 12.2 Å². The van der Waals surface area contributed by atoms with Gasteiger partial charge >= 0.3 is 0 Å². The van der Waals surface area contributed by atoms with Gasteiger partial charge in [0.25, 0.3) is 0 Å². The van der Waals surface area contributed by atoms with Crippen molar-refractivity contribution in [2.75, 3.05) is 6.61 Å². The van der Waals surface area contributed by atoms with Crippen molar-refractivity contribution in [1.29, 1.82) is 0 Å². The van der Waals surface area contributed by atoms with E-state index < -0.39 is 0 Å². The minimum absolute atomic E-state index is 0.226. The van der Waals surface area contributed by atoms with Crippen LogP contribution in [0.25, 0.3) is 0 Å². The summed E-state index contributed by atoms with van der Waals surface area (Å²) in [5.74, 6) is 1.62. The van der Waals surface area contributed by atoms with Gasteiger partial charge in [0, 0.05) is 18.9 Å². The van der Waals surface area contributed by atoms with E-state index in [1.54, 1.807) is 6.33 Å². The third-order valence-electron chi connectivity index (χ3n) is 3.40. The zero-order valence-corrected chi connectivity index (χ0v) is 11.4. The molecule has 1 aliphatic rings. The van der Waals surface area contributed by atoms with Crippen molar-refractivity contribution >= 4 is 0 Å². The predicted octanol–water partition coefficient (Wildman–Crippen LogP) is 1.26. The zero-order valence-electron chi connectivity index (χ0n) is 11.4. The molecule has 5 nitrogen and oxygen atoms in total. The summed E-state index contributed by atoms with van der Waals surface area (Å²) in [4.78, 5) is 4.25. The molecule has 2 rings (SSSR count). The van der Waals surface area contributed by atoms with Crippen molar-refractivity contribution in [3.8, 4) is 0 Å². The number of aromatic nitrogens is 3. The van der Waals surface area contributed by atoms with E-state index in [0.717, 1.165) is 18.8 Å². The van der Waals surface area contributed by atoms with Crippen LogP contribution in [0.15, 0.2) is 6.33 Å². The quantitative estimate of drug-likeness (QED) is 0.858. The van der Waals surface area contributed by atoms with Crippen molar-refractivity contribution in [3.63, 3.8) is 0 Å². The predicted molar refractivity (Wildman–Crippen MR) is 68.1 cm³/mol. The van der Waals surface area contributed by atoms with E-state index in [0.29, 0.717) is 18.9 Å². The maximum Gasteiger partial charge on any atom is 0.138 e. The Hall–Kier alpha value is -0.940. The summed E-state index contributed by atoms with van der Waals surface area (Å²) in [6, 6.07) is 0. The Labute approximate surface area is 108 Å². The van der Waals surface area contributed by atoms with E-state index >= 15 is 0 Å². The van der Waals surface area contributed by atoms with E-state index in [9.17, 15) is 5.11 Å². The van der Waals surface area contributed by atoms with Gasteiger partial charge in [-0.15, -0.1) is 0 Å². The van der Waals surface area contributed by atoms with Gasteiger partial charge in [-0.05, 0) is 19.3 Å². The highest BCUT2D eigenvalue weighted by atomic mass is 16.5. The molecular formula is C13H23N3O2. The van der Waals surface area contributed by atoms with Crippen LogP contribution in [-0.4, -0.2) is 38.7 Å². The molecule has 0 aromatic carbocycles. The van der Waals surface area contributed by atoms with Crippen LogP contribution in [0.1, 0.15) is 33.0 Å². The van der Waals surface area contributed by atoms with Crippen LogP contribution >= 0.6 is 0 Å². The molecule has 3 unspecified atom stereocenters. The van der Waals surface area contributed by atoms with Gasteiger partial charge in [0.15, 0.2) is 0 Å². The molecule has 1 N–H and O–H groups in total. The normalized spacial score (nSPS) is 25.8. The van der Waals surface area contributed by atoms with E-state index in [-0.39, 0.29) is 18.1 Å². The zero-order chi connectivity index (χ0) is 13.1. The van der Waals surface area contributed by atoms with Gasteiger partial charge in [0.2, 0.25) is 0 Å². The first kappa shape index (κ1) is 13.5. The molecule has 1 aliphatic heterocycles. The molecule has 1 saturated heterocycles. The average molecular weight is 253 g/mol. The van der Waals surface area contributed by atoms with Crippen molar-refractivity contribution < 1.29 is 9.84 Å². The molecule has 0 spiro atoms. The minimum Gasteiger partial charge on any atom is -0.392 e. The summed E-state index contributed by atoms with van der Waals surface area (Å²) in [5.41, 5.74) is 0. The summed E-state index contributed by atoms with van der Waals surface area (Å²) >= 11 is 0. The molecule has 102 valence electrons. The van der Waals surface area contributed by atoms with Gasteiger partial charge in [-0.1, -0.05) is 13.8 Å². The summed E-state index contributed by atoms with van der Waals surface area (Å²) in [7, 11) is 0. The van der Waals surface area contributed by atoms with Crippen LogP contribution in [0.5, 0.6) is 0 Å². The summed E-state index contributed by atoms with van der Waals surface area (Å²) in [5, 5.41) is 14.5. The highest BCUT2D eigenvalue weighted by Gasteiger charge is 2.29. The van der Waals surface area contributed by atoms with Crippen molar-refractivity contribution in [2.24, 2.45) is 11.8 Å². The lowest BCUT2D eigenvalue weighted by Gasteiger charge is -2.17. The first-order chi connectivity index (χ1) is 8.56. The molecule has 18 heavy (non-hydrogen) atoms. The van der Waals surface area contributed by atoms with Crippen molar-refractivity contribution in [2.45, 2.75) is 52.4 Å². The molecule has 5 heteroatoms. The fraction of sp³-hybridized carbons (Fsp3) is 0.846.